The molecule has 0 saturated heterocycles. The van der Waals surface area contributed by atoms with E-state index in [1.54, 1.807) is 11.3 Å². The molecule has 2 aromatic rings. The largest absolute Gasteiger partial charge is 0.368 e. The van der Waals surface area contributed by atoms with Gasteiger partial charge in [-0.3, -0.25) is 4.98 Å². The first-order chi connectivity index (χ1) is 9.01. The zero-order valence-electron chi connectivity index (χ0n) is 11.1. The number of aryl methyl sites for hydroxylation is 2. The van der Waals surface area contributed by atoms with Crippen molar-refractivity contribution in [2.24, 2.45) is 0 Å². The summed E-state index contributed by atoms with van der Waals surface area (Å²) in [6, 6.07) is 8.08. The van der Waals surface area contributed by atoms with Gasteiger partial charge in [-0.25, -0.2) is 0 Å². The molecule has 0 spiro atoms. The van der Waals surface area contributed by atoms with Crippen LogP contribution in [-0.4, -0.2) is 12.0 Å². The van der Waals surface area contributed by atoms with Crippen LogP contribution < -0.4 is 4.90 Å². The van der Waals surface area contributed by atoms with Gasteiger partial charge in [0.2, 0.25) is 0 Å². The molecule has 5 heteroatoms. The van der Waals surface area contributed by atoms with Crippen molar-refractivity contribution in [1.82, 2.24) is 4.98 Å². The van der Waals surface area contributed by atoms with Gasteiger partial charge in [0.25, 0.3) is 0 Å². The molecule has 0 aliphatic heterocycles. The molecule has 0 saturated carbocycles. The van der Waals surface area contributed by atoms with Crippen LogP contribution in [0.1, 0.15) is 21.8 Å². The summed E-state index contributed by atoms with van der Waals surface area (Å²) in [6.45, 7) is 4.54. The van der Waals surface area contributed by atoms with Gasteiger partial charge in [0, 0.05) is 17.6 Å². The standard InChI is InChI=1S/C14H14ClN3S/c1-9-6-13(12(7-16)10(2)17-9)18(3)8-11-4-5-14(15)19-11/h4-6H,8H2,1-3H3. The maximum Gasteiger partial charge on any atom is 0.103 e. The van der Waals surface area contributed by atoms with Gasteiger partial charge >= 0.3 is 0 Å². The van der Waals surface area contributed by atoms with Crippen LogP contribution in [0.25, 0.3) is 0 Å². The molecule has 0 unspecified atom stereocenters. The third-order valence-electron chi connectivity index (χ3n) is 2.85. The van der Waals surface area contributed by atoms with Crippen LogP contribution in [0, 0.1) is 25.2 Å². The number of aromatic nitrogens is 1. The number of rotatable bonds is 3. The normalized spacial score (nSPS) is 10.3. The Balaban J connectivity index is 2.33. The fourth-order valence-corrected chi connectivity index (χ4v) is 3.14. The van der Waals surface area contributed by atoms with E-state index in [0.29, 0.717) is 5.56 Å². The summed E-state index contributed by atoms with van der Waals surface area (Å²) in [5.41, 5.74) is 3.24. The highest BCUT2D eigenvalue weighted by atomic mass is 35.5. The predicted octanol–water partition coefficient (Wildman–Crippen LogP) is 3.92. The maximum atomic E-state index is 9.27. The van der Waals surface area contributed by atoms with Gasteiger partial charge in [-0.1, -0.05) is 11.6 Å². The van der Waals surface area contributed by atoms with Crippen molar-refractivity contribution in [1.29, 1.82) is 5.26 Å². The fraction of sp³-hybridized carbons (Fsp3) is 0.286. The Morgan fingerprint density at radius 2 is 2.16 bits per heavy atom. The molecule has 0 aliphatic rings. The molecule has 0 aromatic carbocycles. The molecule has 2 rings (SSSR count). The Labute approximate surface area is 122 Å². The van der Waals surface area contributed by atoms with Crippen molar-refractivity contribution in [3.63, 3.8) is 0 Å². The van der Waals surface area contributed by atoms with E-state index in [4.69, 9.17) is 11.6 Å². The SMILES string of the molecule is Cc1cc(N(C)Cc2ccc(Cl)s2)c(C#N)c(C)n1. The molecule has 0 radical (unpaired) electrons. The number of pyridine rings is 1. The fourth-order valence-electron chi connectivity index (χ4n) is 2.00. The van der Waals surface area contributed by atoms with E-state index in [1.165, 1.54) is 4.88 Å². The minimum atomic E-state index is 0.635. The van der Waals surface area contributed by atoms with E-state index in [2.05, 4.69) is 16.0 Å². The smallest absolute Gasteiger partial charge is 0.103 e. The third kappa shape index (κ3) is 3.06. The van der Waals surface area contributed by atoms with Crippen molar-refractivity contribution < 1.29 is 0 Å². The molecule has 2 heterocycles. The average molecular weight is 292 g/mol. The predicted molar refractivity (Wildman–Crippen MR) is 79.9 cm³/mol. The molecular formula is C14H14ClN3S. The topological polar surface area (TPSA) is 39.9 Å². The lowest BCUT2D eigenvalue weighted by molar-refractivity contribution is 0.926. The van der Waals surface area contributed by atoms with Crippen LogP contribution in [-0.2, 0) is 6.54 Å². The third-order valence-corrected chi connectivity index (χ3v) is 4.07. The highest BCUT2D eigenvalue weighted by molar-refractivity contribution is 7.16. The molecule has 0 N–H and O–H groups in total. The summed E-state index contributed by atoms with van der Waals surface area (Å²) in [7, 11) is 1.97. The molecule has 0 bridgehead atoms. The molecule has 0 fully saturated rings. The van der Waals surface area contributed by atoms with Gasteiger partial charge in [-0.2, -0.15) is 5.26 Å². The molecular weight excluding hydrogens is 278 g/mol. The average Bonchev–Trinajstić information content (AvgIpc) is 2.73. The lowest BCUT2D eigenvalue weighted by Gasteiger charge is -2.21. The summed E-state index contributed by atoms with van der Waals surface area (Å²) < 4.78 is 0.783. The number of hydrogen-bond donors (Lipinski definition) is 0. The van der Waals surface area contributed by atoms with Gasteiger partial charge in [0.1, 0.15) is 6.07 Å². The van der Waals surface area contributed by atoms with E-state index < -0.39 is 0 Å². The zero-order chi connectivity index (χ0) is 14.0. The first-order valence-electron chi connectivity index (χ1n) is 5.85. The van der Waals surface area contributed by atoms with Crippen LogP contribution in [0.3, 0.4) is 0 Å². The number of nitrogens with zero attached hydrogens (tertiary/aromatic N) is 3. The quantitative estimate of drug-likeness (QED) is 0.860. The number of thiophene rings is 1. The van der Waals surface area contributed by atoms with E-state index >= 15 is 0 Å². The second kappa shape index (κ2) is 5.60. The summed E-state index contributed by atoms with van der Waals surface area (Å²) in [6.07, 6.45) is 0. The molecule has 0 aliphatic carbocycles. The number of halogens is 1. The first kappa shape index (κ1) is 13.9. The van der Waals surface area contributed by atoms with Crippen molar-refractivity contribution in [2.45, 2.75) is 20.4 Å². The van der Waals surface area contributed by atoms with Crippen molar-refractivity contribution in [3.05, 3.63) is 44.4 Å². The Kier molecular flexibility index (Phi) is 4.08. The second-order valence-corrected chi connectivity index (χ2v) is 6.22. The molecule has 0 amide bonds. The Morgan fingerprint density at radius 3 is 2.74 bits per heavy atom. The Bertz CT molecular complexity index is 643. The molecule has 0 atom stereocenters. The van der Waals surface area contributed by atoms with Gasteiger partial charge in [-0.05, 0) is 32.0 Å². The second-order valence-electron chi connectivity index (χ2n) is 4.42. The van der Waals surface area contributed by atoms with Gasteiger partial charge in [-0.15, -0.1) is 11.3 Å². The highest BCUT2D eigenvalue weighted by Crippen LogP contribution is 2.27. The summed E-state index contributed by atoms with van der Waals surface area (Å²) >= 11 is 7.49. The monoisotopic (exact) mass is 291 g/mol. The Morgan fingerprint density at radius 1 is 1.42 bits per heavy atom. The lowest BCUT2D eigenvalue weighted by atomic mass is 10.1. The Hall–Kier alpha value is -1.57. The molecule has 19 heavy (non-hydrogen) atoms. The van der Waals surface area contributed by atoms with Crippen LogP contribution in [0.15, 0.2) is 18.2 Å². The summed E-state index contributed by atoms with van der Waals surface area (Å²) in [5, 5.41) is 9.27. The maximum absolute atomic E-state index is 9.27. The number of anilines is 1. The van der Waals surface area contributed by atoms with Crippen molar-refractivity contribution in [2.75, 3.05) is 11.9 Å². The van der Waals surface area contributed by atoms with Gasteiger partial charge in [0.15, 0.2) is 0 Å². The molecule has 2 aromatic heterocycles. The van der Waals surface area contributed by atoms with E-state index in [-0.39, 0.29) is 0 Å². The highest BCUT2D eigenvalue weighted by Gasteiger charge is 2.13. The van der Waals surface area contributed by atoms with Crippen LogP contribution in [0.2, 0.25) is 4.34 Å². The van der Waals surface area contributed by atoms with E-state index in [9.17, 15) is 5.26 Å². The zero-order valence-corrected chi connectivity index (χ0v) is 12.6. The van der Waals surface area contributed by atoms with Crippen LogP contribution in [0.4, 0.5) is 5.69 Å². The minimum absolute atomic E-state index is 0.635. The van der Waals surface area contributed by atoms with E-state index in [0.717, 1.165) is 28.0 Å². The van der Waals surface area contributed by atoms with Crippen molar-refractivity contribution >= 4 is 28.6 Å². The lowest BCUT2D eigenvalue weighted by Crippen LogP contribution is -2.18. The van der Waals surface area contributed by atoms with Crippen LogP contribution in [0.5, 0.6) is 0 Å². The summed E-state index contributed by atoms with van der Waals surface area (Å²) in [5.74, 6) is 0. The van der Waals surface area contributed by atoms with Gasteiger partial charge in [0.05, 0.1) is 27.8 Å². The molecule has 98 valence electrons. The minimum Gasteiger partial charge on any atom is -0.368 e. The summed E-state index contributed by atoms with van der Waals surface area (Å²) in [4.78, 5) is 7.56. The van der Waals surface area contributed by atoms with Gasteiger partial charge < -0.3 is 4.90 Å². The van der Waals surface area contributed by atoms with Crippen LogP contribution >= 0.6 is 22.9 Å². The molecule has 3 nitrogen and oxygen atoms in total. The van der Waals surface area contributed by atoms with Crippen molar-refractivity contribution in [3.8, 4) is 6.07 Å². The number of nitriles is 1. The van der Waals surface area contributed by atoms with E-state index in [1.807, 2.05) is 39.1 Å². The number of hydrogen-bond acceptors (Lipinski definition) is 4. The first-order valence-corrected chi connectivity index (χ1v) is 7.04.